The van der Waals surface area contributed by atoms with E-state index >= 15 is 0 Å². The molecule has 2 N–H and O–H groups in total. The van der Waals surface area contributed by atoms with E-state index in [1.807, 2.05) is 0 Å². The Morgan fingerprint density at radius 2 is 1.92 bits per heavy atom. The van der Waals surface area contributed by atoms with Gasteiger partial charge in [-0.05, 0) is 13.8 Å². The standard InChI is InChI=1S/C6H11F3N2O/c1-4(2)11-5(12)10-3-6(7,8)9/h4H,3H2,1-2H3,(H2,10,11,12). The van der Waals surface area contributed by atoms with Gasteiger partial charge < -0.3 is 10.6 Å². The Bertz CT molecular complexity index is 155. The molecule has 0 saturated heterocycles. The van der Waals surface area contributed by atoms with Gasteiger partial charge in [-0.25, -0.2) is 4.79 Å². The molecule has 3 nitrogen and oxygen atoms in total. The van der Waals surface area contributed by atoms with Crippen molar-refractivity contribution in [1.82, 2.24) is 10.6 Å². The molecule has 0 heterocycles. The van der Waals surface area contributed by atoms with Crippen molar-refractivity contribution in [2.45, 2.75) is 26.1 Å². The monoisotopic (exact) mass is 184 g/mol. The van der Waals surface area contributed by atoms with Gasteiger partial charge in [0.15, 0.2) is 0 Å². The highest BCUT2D eigenvalue weighted by Gasteiger charge is 2.27. The fourth-order valence-electron chi connectivity index (χ4n) is 0.494. The molecule has 0 rings (SSSR count). The van der Waals surface area contributed by atoms with Gasteiger partial charge in [-0.2, -0.15) is 13.2 Å². The summed E-state index contributed by atoms with van der Waals surface area (Å²) in [5, 5.41) is 3.94. The topological polar surface area (TPSA) is 41.1 Å². The van der Waals surface area contributed by atoms with Gasteiger partial charge in [-0.1, -0.05) is 0 Å². The second-order valence-electron chi connectivity index (χ2n) is 2.60. The van der Waals surface area contributed by atoms with Gasteiger partial charge in [0.05, 0.1) is 0 Å². The summed E-state index contributed by atoms with van der Waals surface area (Å²) < 4.78 is 34.5. The average molecular weight is 184 g/mol. The van der Waals surface area contributed by atoms with Crippen LogP contribution in [0.25, 0.3) is 0 Å². The summed E-state index contributed by atoms with van der Waals surface area (Å²) in [6, 6.07) is -0.972. The maximum atomic E-state index is 11.5. The number of hydrogen-bond donors (Lipinski definition) is 2. The van der Waals surface area contributed by atoms with Crippen molar-refractivity contribution in [1.29, 1.82) is 0 Å². The number of alkyl halides is 3. The van der Waals surface area contributed by atoms with Gasteiger partial charge in [0.2, 0.25) is 0 Å². The van der Waals surface area contributed by atoms with Crippen molar-refractivity contribution in [3.8, 4) is 0 Å². The van der Waals surface area contributed by atoms with Gasteiger partial charge in [-0.15, -0.1) is 0 Å². The van der Waals surface area contributed by atoms with Crippen molar-refractivity contribution in [3.05, 3.63) is 0 Å². The summed E-state index contributed by atoms with van der Waals surface area (Å²) in [7, 11) is 0. The third kappa shape index (κ3) is 7.17. The molecule has 0 aromatic heterocycles. The molecule has 0 aliphatic heterocycles. The van der Waals surface area contributed by atoms with Crippen LogP contribution in [0, 0.1) is 0 Å². The second kappa shape index (κ2) is 4.18. The highest BCUT2D eigenvalue weighted by Crippen LogP contribution is 2.11. The lowest BCUT2D eigenvalue weighted by atomic mass is 10.4. The Morgan fingerprint density at radius 1 is 1.42 bits per heavy atom. The number of rotatable bonds is 2. The molecule has 0 spiro atoms. The van der Waals surface area contributed by atoms with E-state index in [1.54, 1.807) is 19.2 Å². The van der Waals surface area contributed by atoms with Crippen LogP contribution in [0.15, 0.2) is 0 Å². The first-order valence-electron chi connectivity index (χ1n) is 3.42. The minimum absolute atomic E-state index is 0.168. The predicted molar refractivity (Wildman–Crippen MR) is 37.7 cm³/mol. The fourth-order valence-corrected chi connectivity index (χ4v) is 0.494. The second-order valence-corrected chi connectivity index (χ2v) is 2.60. The number of nitrogens with one attached hydrogen (secondary N) is 2. The van der Waals surface area contributed by atoms with E-state index in [2.05, 4.69) is 5.32 Å². The molecule has 0 radical (unpaired) electrons. The van der Waals surface area contributed by atoms with E-state index < -0.39 is 18.8 Å². The zero-order valence-corrected chi connectivity index (χ0v) is 6.83. The smallest absolute Gasteiger partial charge is 0.336 e. The van der Waals surface area contributed by atoms with E-state index in [0.29, 0.717) is 0 Å². The lowest BCUT2D eigenvalue weighted by Gasteiger charge is -2.11. The Morgan fingerprint density at radius 3 is 2.25 bits per heavy atom. The number of hydrogen-bond acceptors (Lipinski definition) is 1. The molecule has 0 aliphatic carbocycles. The lowest BCUT2D eigenvalue weighted by molar-refractivity contribution is -0.122. The zero-order valence-electron chi connectivity index (χ0n) is 6.83. The number of carbonyl (C=O) groups is 1. The molecule has 0 atom stereocenters. The Balaban J connectivity index is 3.58. The van der Waals surface area contributed by atoms with Gasteiger partial charge in [0, 0.05) is 6.04 Å². The molecule has 0 fully saturated rings. The van der Waals surface area contributed by atoms with Crippen LogP contribution in [0.2, 0.25) is 0 Å². The van der Waals surface area contributed by atoms with Crippen LogP contribution in [0.1, 0.15) is 13.8 Å². The van der Waals surface area contributed by atoms with Crippen molar-refractivity contribution in [2.75, 3.05) is 6.54 Å². The molecule has 6 heteroatoms. The number of urea groups is 1. The van der Waals surface area contributed by atoms with Gasteiger partial charge >= 0.3 is 12.2 Å². The number of carbonyl (C=O) groups excluding carboxylic acids is 1. The maximum absolute atomic E-state index is 11.5. The largest absolute Gasteiger partial charge is 0.405 e. The van der Waals surface area contributed by atoms with Crippen LogP contribution < -0.4 is 10.6 Å². The Hall–Kier alpha value is -0.940. The van der Waals surface area contributed by atoms with Crippen molar-refractivity contribution in [3.63, 3.8) is 0 Å². The lowest BCUT2D eigenvalue weighted by Crippen LogP contribution is -2.43. The quantitative estimate of drug-likeness (QED) is 0.666. The summed E-state index contributed by atoms with van der Waals surface area (Å²) in [5.74, 6) is 0. The predicted octanol–water partition coefficient (Wildman–Crippen LogP) is 1.26. The first-order valence-corrected chi connectivity index (χ1v) is 3.42. The molecule has 2 amide bonds. The number of amides is 2. The summed E-state index contributed by atoms with van der Waals surface area (Å²) in [6.45, 7) is 2.02. The van der Waals surface area contributed by atoms with E-state index in [-0.39, 0.29) is 6.04 Å². The van der Waals surface area contributed by atoms with Crippen LogP contribution in [0.5, 0.6) is 0 Å². The molecule has 12 heavy (non-hydrogen) atoms. The fraction of sp³-hybridized carbons (Fsp3) is 0.833. The molecule has 0 aliphatic rings. The number of halogens is 3. The summed E-state index contributed by atoms with van der Waals surface area (Å²) in [6.07, 6.45) is -4.35. The van der Waals surface area contributed by atoms with E-state index in [1.165, 1.54) is 0 Å². The van der Waals surface area contributed by atoms with Crippen LogP contribution in [0.3, 0.4) is 0 Å². The molecule has 0 unspecified atom stereocenters. The van der Waals surface area contributed by atoms with Gasteiger partial charge in [-0.3, -0.25) is 0 Å². The van der Waals surface area contributed by atoms with Crippen LogP contribution in [0.4, 0.5) is 18.0 Å². The van der Waals surface area contributed by atoms with Crippen LogP contribution >= 0.6 is 0 Å². The van der Waals surface area contributed by atoms with E-state index in [0.717, 1.165) is 0 Å². The third-order valence-electron chi connectivity index (χ3n) is 0.869. The highest BCUT2D eigenvalue weighted by atomic mass is 19.4. The van der Waals surface area contributed by atoms with Crippen molar-refractivity contribution in [2.24, 2.45) is 0 Å². The molecule has 0 saturated carbocycles. The molecule has 0 aromatic rings. The molecule has 72 valence electrons. The molecule has 0 bridgehead atoms. The van der Waals surface area contributed by atoms with Gasteiger partial charge in [0.1, 0.15) is 6.54 Å². The molecular formula is C6H11F3N2O. The van der Waals surface area contributed by atoms with Crippen LogP contribution in [-0.2, 0) is 0 Å². The Labute approximate surface area is 68.3 Å². The molecule has 0 aromatic carbocycles. The normalized spacial score (nSPS) is 11.5. The highest BCUT2D eigenvalue weighted by molar-refractivity contribution is 5.74. The van der Waals surface area contributed by atoms with E-state index in [9.17, 15) is 18.0 Å². The van der Waals surface area contributed by atoms with Crippen molar-refractivity contribution >= 4 is 6.03 Å². The first-order chi connectivity index (χ1) is 5.31. The zero-order chi connectivity index (χ0) is 9.78. The minimum Gasteiger partial charge on any atom is -0.336 e. The summed E-state index contributed by atoms with van der Waals surface area (Å²) in [4.78, 5) is 10.6. The summed E-state index contributed by atoms with van der Waals surface area (Å²) >= 11 is 0. The maximum Gasteiger partial charge on any atom is 0.405 e. The minimum atomic E-state index is -4.35. The van der Waals surface area contributed by atoms with E-state index in [4.69, 9.17) is 0 Å². The Kier molecular flexibility index (Phi) is 3.85. The van der Waals surface area contributed by atoms with Gasteiger partial charge in [0.25, 0.3) is 0 Å². The summed E-state index contributed by atoms with van der Waals surface area (Å²) in [5.41, 5.74) is 0. The SMILES string of the molecule is CC(C)NC(=O)NCC(F)(F)F. The average Bonchev–Trinajstić information content (AvgIpc) is 1.80. The third-order valence-corrected chi connectivity index (χ3v) is 0.869. The first kappa shape index (κ1) is 11.1. The molecular weight excluding hydrogens is 173 g/mol. The van der Waals surface area contributed by atoms with Crippen molar-refractivity contribution < 1.29 is 18.0 Å². The van der Waals surface area contributed by atoms with Crippen LogP contribution in [-0.4, -0.2) is 24.8 Å².